The van der Waals surface area contributed by atoms with E-state index in [1.165, 1.54) is 10.7 Å². The molecular formula is C20H19F3N4O2. The minimum atomic E-state index is -4.49. The molecule has 1 aromatic carbocycles. The molecule has 2 heterocycles. The van der Waals surface area contributed by atoms with Crippen molar-refractivity contribution in [2.75, 3.05) is 7.11 Å². The Morgan fingerprint density at radius 2 is 2.07 bits per heavy atom. The molecule has 1 unspecified atom stereocenters. The highest BCUT2D eigenvalue weighted by atomic mass is 19.4. The second-order valence-electron chi connectivity index (χ2n) is 7.14. The molecule has 0 aliphatic heterocycles. The summed E-state index contributed by atoms with van der Waals surface area (Å²) in [7, 11) is 1.55. The second-order valence-corrected chi connectivity index (χ2v) is 7.14. The van der Waals surface area contributed by atoms with Crippen molar-refractivity contribution in [2.45, 2.75) is 32.0 Å². The van der Waals surface area contributed by atoms with Crippen LogP contribution in [0.5, 0.6) is 5.75 Å². The Kier molecular flexibility index (Phi) is 4.68. The normalized spacial score (nSPS) is 15.3. The lowest BCUT2D eigenvalue weighted by molar-refractivity contribution is -0.158. The van der Waals surface area contributed by atoms with Gasteiger partial charge in [-0.25, -0.2) is 9.50 Å². The smallest absolute Gasteiger partial charge is 0.408 e. The number of carbonyl (C=O) groups excluding carboxylic acids is 1. The van der Waals surface area contributed by atoms with E-state index in [0.29, 0.717) is 30.0 Å². The van der Waals surface area contributed by atoms with Crippen LogP contribution in [0, 0.1) is 12.8 Å². The predicted molar refractivity (Wildman–Crippen MR) is 99.7 cm³/mol. The van der Waals surface area contributed by atoms with Crippen LogP contribution in [0.2, 0.25) is 0 Å². The number of hydrogen-bond donors (Lipinski definition) is 1. The molecule has 6 nitrogen and oxygen atoms in total. The summed E-state index contributed by atoms with van der Waals surface area (Å²) < 4.78 is 46.5. The van der Waals surface area contributed by atoms with E-state index >= 15 is 0 Å². The van der Waals surface area contributed by atoms with Gasteiger partial charge >= 0.3 is 6.18 Å². The van der Waals surface area contributed by atoms with E-state index in [-0.39, 0.29) is 11.2 Å². The van der Waals surface area contributed by atoms with Gasteiger partial charge in [0.2, 0.25) is 0 Å². The predicted octanol–water partition coefficient (Wildman–Crippen LogP) is 3.78. The molecule has 1 fully saturated rings. The van der Waals surface area contributed by atoms with Gasteiger partial charge in [0, 0.05) is 11.3 Å². The van der Waals surface area contributed by atoms with Gasteiger partial charge < -0.3 is 10.1 Å². The van der Waals surface area contributed by atoms with Crippen molar-refractivity contribution >= 4 is 11.6 Å². The number of ether oxygens (including phenoxy) is 1. The number of carbonyl (C=O) groups is 1. The van der Waals surface area contributed by atoms with Gasteiger partial charge in [0.25, 0.3) is 5.91 Å². The molecule has 4 rings (SSSR count). The first-order valence-corrected chi connectivity index (χ1v) is 9.15. The fourth-order valence-corrected chi connectivity index (χ4v) is 3.32. The van der Waals surface area contributed by atoms with Crippen molar-refractivity contribution in [3.63, 3.8) is 0 Å². The summed E-state index contributed by atoms with van der Waals surface area (Å²) in [6.07, 6.45) is -2.33. The zero-order valence-electron chi connectivity index (χ0n) is 15.8. The molecule has 0 bridgehead atoms. The Labute approximate surface area is 164 Å². The number of aromatic nitrogens is 3. The summed E-state index contributed by atoms with van der Waals surface area (Å²) in [6.45, 7) is 1.79. The first kappa shape index (κ1) is 19.2. The van der Waals surface area contributed by atoms with Gasteiger partial charge in [-0.2, -0.15) is 18.3 Å². The lowest BCUT2D eigenvalue weighted by Gasteiger charge is -2.20. The third-order valence-corrected chi connectivity index (χ3v) is 4.99. The fraction of sp³-hybridized carbons (Fsp3) is 0.350. The Hall–Kier alpha value is -3.10. The number of alkyl halides is 3. The largest absolute Gasteiger partial charge is 0.497 e. The number of aryl methyl sites for hydroxylation is 1. The first-order valence-electron chi connectivity index (χ1n) is 9.15. The number of hydrogen-bond acceptors (Lipinski definition) is 4. The molecule has 1 aliphatic carbocycles. The van der Waals surface area contributed by atoms with Gasteiger partial charge in [0.15, 0.2) is 5.65 Å². The molecule has 1 aliphatic rings. The minimum absolute atomic E-state index is 0.00717. The van der Waals surface area contributed by atoms with E-state index in [1.54, 1.807) is 32.2 Å². The molecule has 0 radical (unpaired) electrons. The lowest BCUT2D eigenvalue weighted by atomic mass is 10.1. The monoisotopic (exact) mass is 404 g/mol. The number of fused-ring (bicyclic) bond motifs is 1. The van der Waals surface area contributed by atoms with Crippen LogP contribution in [0.1, 0.15) is 28.9 Å². The lowest BCUT2D eigenvalue weighted by Crippen LogP contribution is -2.46. The fourth-order valence-electron chi connectivity index (χ4n) is 3.32. The van der Waals surface area contributed by atoms with Crippen molar-refractivity contribution in [1.29, 1.82) is 0 Å². The Morgan fingerprint density at radius 3 is 2.72 bits per heavy atom. The first-order chi connectivity index (χ1) is 13.8. The summed E-state index contributed by atoms with van der Waals surface area (Å²) in [6, 6.07) is 7.17. The highest BCUT2D eigenvalue weighted by molar-refractivity contribution is 6.00. The molecule has 9 heteroatoms. The van der Waals surface area contributed by atoms with Crippen LogP contribution in [-0.2, 0) is 0 Å². The van der Waals surface area contributed by atoms with Gasteiger partial charge in [0.05, 0.1) is 19.0 Å². The van der Waals surface area contributed by atoms with Gasteiger partial charge in [-0.3, -0.25) is 4.79 Å². The quantitative estimate of drug-likeness (QED) is 0.703. The third-order valence-electron chi connectivity index (χ3n) is 4.99. The Balaban J connectivity index is 1.72. The molecule has 1 N–H and O–H groups in total. The summed E-state index contributed by atoms with van der Waals surface area (Å²) >= 11 is 0. The van der Waals surface area contributed by atoms with Crippen LogP contribution in [0.25, 0.3) is 16.9 Å². The Morgan fingerprint density at radius 1 is 1.31 bits per heavy atom. The maximum atomic E-state index is 13.3. The topological polar surface area (TPSA) is 68.5 Å². The van der Waals surface area contributed by atoms with E-state index in [1.807, 2.05) is 12.1 Å². The zero-order chi connectivity index (χ0) is 20.8. The third kappa shape index (κ3) is 3.76. The van der Waals surface area contributed by atoms with Crippen molar-refractivity contribution in [3.8, 4) is 17.0 Å². The molecule has 1 saturated carbocycles. The van der Waals surface area contributed by atoms with Crippen molar-refractivity contribution < 1.29 is 22.7 Å². The number of benzene rings is 1. The molecule has 0 saturated heterocycles. The SMILES string of the molecule is COc1cccc(-c2cc(C)n3ncc(C(=O)NC(C4CC4)C(F)(F)F)c3n2)c1. The van der Waals surface area contributed by atoms with Gasteiger partial charge in [0.1, 0.15) is 17.4 Å². The molecule has 1 atom stereocenters. The second kappa shape index (κ2) is 7.06. The van der Waals surface area contributed by atoms with Crippen LogP contribution >= 0.6 is 0 Å². The van der Waals surface area contributed by atoms with E-state index in [2.05, 4.69) is 15.4 Å². The van der Waals surface area contributed by atoms with Crippen LogP contribution in [0.15, 0.2) is 36.5 Å². The van der Waals surface area contributed by atoms with Gasteiger partial charge in [-0.15, -0.1) is 0 Å². The maximum absolute atomic E-state index is 13.3. The highest BCUT2D eigenvalue weighted by Gasteiger charge is 2.49. The van der Waals surface area contributed by atoms with Crippen molar-refractivity contribution in [2.24, 2.45) is 5.92 Å². The van der Waals surface area contributed by atoms with E-state index in [9.17, 15) is 18.0 Å². The highest BCUT2D eigenvalue weighted by Crippen LogP contribution is 2.40. The van der Waals surface area contributed by atoms with E-state index in [0.717, 1.165) is 5.56 Å². The van der Waals surface area contributed by atoms with E-state index in [4.69, 9.17) is 4.74 Å². The number of amides is 1. The molecule has 3 aromatic rings. The minimum Gasteiger partial charge on any atom is -0.497 e. The standard InChI is InChI=1S/C20H19F3N4O2/c1-11-8-16(13-4-3-5-14(9-13)29-2)25-18-15(10-24-27(11)18)19(28)26-17(12-6-7-12)20(21,22)23/h3-5,8-10,12,17H,6-7H2,1-2H3,(H,26,28). The number of methoxy groups -OCH3 is 1. The molecule has 152 valence electrons. The number of rotatable bonds is 5. The molecule has 2 aromatic heterocycles. The molecular weight excluding hydrogens is 385 g/mol. The molecule has 1 amide bonds. The summed E-state index contributed by atoms with van der Waals surface area (Å²) in [4.78, 5) is 17.1. The van der Waals surface area contributed by atoms with Crippen LogP contribution in [0.4, 0.5) is 13.2 Å². The number of nitrogens with zero attached hydrogens (tertiary/aromatic N) is 3. The van der Waals surface area contributed by atoms with Crippen LogP contribution in [-0.4, -0.2) is 39.8 Å². The zero-order valence-corrected chi connectivity index (χ0v) is 15.8. The summed E-state index contributed by atoms with van der Waals surface area (Å²) in [5, 5.41) is 6.26. The molecule has 0 spiro atoms. The van der Waals surface area contributed by atoms with Gasteiger partial charge in [-0.1, -0.05) is 12.1 Å². The van der Waals surface area contributed by atoms with Crippen molar-refractivity contribution in [3.05, 3.63) is 47.8 Å². The van der Waals surface area contributed by atoms with Crippen molar-refractivity contribution in [1.82, 2.24) is 19.9 Å². The average Bonchev–Trinajstić information content (AvgIpc) is 3.42. The van der Waals surface area contributed by atoms with Crippen LogP contribution in [0.3, 0.4) is 0 Å². The van der Waals surface area contributed by atoms with E-state index < -0.39 is 24.0 Å². The van der Waals surface area contributed by atoms with Crippen LogP contribution < -0.4 is 10.1 Å². The summed E-state index contributed by atoms with van der Waals surface area (Å²) in [5.41, 5.74) is 2.23. The molecule has 29 heavy (non-hydrogen) atoms. The number of halogens is 3. The van der Waals surface area contributed by atoms with Gasteiger partial charge in [-0.05, 0) is 43.9 Å². The Bertz CT molecular complexity index is 1070. The average molecular weight is 404 g/mol. The summed E-state index contributed by atoms with van der Waals surface area (Å²) in [5.74, 6) is -0.752. The number of nitrogens with one attached hydrogen (secondary N) is 1. The maximum Gasteiger partial charge on any atom is 0.408 e.